The number of H-pyrrole nitrogens is 1. The lowest BCUT2D eigenvalue weighted by molar-refractivity contribution is -0.127. The molecule has 0 bridgehead atoms. The Morgan fingerprint density at radius 2 is 1.78 bits per heavy atom. The van der Waals surface area contributed by atoms with Gasteiger partial charge in [-0.15, -0.1) is 0 Å². The molecule has 190 valence electrons. The summed E-state index contributed by atoms with van der Waals surface area (Å²) in [7, 11) is -0.347. The highest BCUT2D eigenvalue weighted by molar-refractivity contribution is 6.88. The molecule has 3 rings (SSSR count). The van der Waals surface area contributed by atoms with Crippen molar-refractivity contribution in [3.05, 3.63) is 92.5 Å². The van der Waals surface area contributed by atoms with E-state index in [1.165, 1.54) is 12.3 Å². The topological polar surface area (TPSA) is 122 Å². The average molecular weight is 513 g/mol. The Kier molecular flexibility index (Phi) is 8.38. The summed E-state index contributed by atoms with van der Waals surface area (Å²) in [5.41, 5.74) is 0.148. The summed E-state index contributed by atoms with van der Waals surface area (Å²) in [6, 6.07) is 11.3. The maximum Gasteiger partial charge on any atom is 0.328 e. The number of aromatic amines is 1. The minimum atomic E-state index is -1.91. The third-order valence-electron chi connectivity index (χ3n) is 5.48. The SMILES string of the molecule is COCc1ccc(C(NC(=O)Cn2c(=O)cc[nH]c2=O)C(=O)Nc2ccc([Si](C)(C)C)c(F)c2)cc1. The van der Waals surface area contributed by atoms with Crippen LogP contribution in [-0.2, 0) is 27.5 Å². The molecule has 3 aromatic rings. The van der Waals surface area contributed by atoms with E-state index in [-0.39, 0.29) is 5.69 Å². The predicted octanol–water partition coefficient (Wildman–Crippen LogP) is 1.86. The molecule has 36 heavy (non-hydrogen) atoms. The zero-order chi connectivity index (χ0) is 26.5. The van der Waals surface area contributed by atoms with Crippen LogP contribution in [0.25, 0.3) is 0 Å². The standard InChI is InChI=1S/C25H29FN4O5Si/c1-35-15-16-5-7-17(8-6-16)23(29-21(31)14-30-22(32)11-12-27-25(30)34)24(33)28-18-9-10-20(19(26)13-18)36(2,3)4/h5-13,23H,14-15H2,1-4H3,(H,27,34)(H,28,33)(H,29,31). The number of amides is 2. The van der Waals surface area contributed by atoms with Crippen LogP contribution in [0.3, 0.4) is 0 Å². The highest BCUT2D eigenvalue weighted by Crippen LogP contribution is 2.19. The normalized spacial score (nSPS) is 12.1. The predicted molar refractivity (Wildman–Crippen MR) is 137 cm³/mol. The molecule has 0 fully saturated rings. The van der Waals surface area contributed by atoms with E-state index in [4.69, 9.17) is 4.74 Å². The Bertz CT molecular complexity index is 1330. The van der Waals surface area contributed by atoms with Crippen molar-refractivity contribution in [2.45, 2.75) is 38.8 Å². The molecule has 1 unspecified atom stereocenters. The van der Waals surface area contributed by atoms with Crippen molar-refractivity contribution >= 4 is 30.8 Å². The summed E-state index contributed by atoms with van der Waals surface area (Å²) < 4.78 is 20.5. The number of anilines is 1. The first-order valence-corrected chi connectivity index (χ1v) is 14.8. The molecular formula is C25H29FN4O5Si. The summed E-state index contributed by atoms with van der Waals surface area (Å²) in [4.78, 5) is 52.2. The van der Waals surface area contributed by atoms with Crippen LogP contribution in [0.5, 0.6) is 0 Å². The van der Waals surface area contributed by atoms with Gasteiger partial charge in [0.15, 0.2) is 0 Å². The van der Waals surface area contributed by atoms with Crippen molar-refractivity contribution in [2.75, 3.05) is 12.4 Å². The molecule has 2 amide bonds. The Labute approximate surface area is 208 Å². The number of halogens is 1. The van der Waals surface area contributed by atoms with Crippen molar-refractivity contribution < 1.29 is 18.7 Å². The highest BCUT2D eigenvalue weighted by Gasteiger charge is 2.25. The fourth-order valence-electron chi connectivity index (χ4n) is 3.64. The van der Waals surface area contributed by atoms with Gasteiger partial charge in [0, 0.05) is 25.1 Å². The van der Waals surface area contributed by atoms with Gasteiger partial charge < -0.3 is 20.4 Å². The van der Waals surface area contributed by atoms with Crippen molar-refractivity contribution in [2.24, 2.45) is 0 Å². The van der Waals surface area contributed by atoms with Gasteiger partial charge in [-0.25, -0.2) is 9.18 Å². The second-order valence-corrected chi connectivity index (χ2v) is 14.4. The molecular weight excluding hydrogens is 483 g/mol. The monoisotopic (exact) mass is 512 g/mol. The van der Waals surface area contributed by atoms with Crippen LogP contribution in [0.2, 0.25) is 19.6 Å². The molecule has 0 saturated carbocycles. The molecule has 1 aromatic heterocycles. The number of methoxy groups -OCH3 is 1. The number of aromatic nitrogens is 2. The summed E-state index contributed by atoms with van der Waals surface area (Å²) >= 11 is 0. The second kappa shape index (κ2) is 11.3. The molecule has 3 N–H and O–H groups in total. The fourth-order valence-corrected chi connectivity index (χ4v) is 5.01. The molecule has 9 nitrogen and oxygen atoms in total. The molecule has 0 aliphatic heterocycles. The Balaban J connectivity index is 1.87. The minimum Gasteiger partial charge on any atom is -0.380 e. The van der Waals surface area contributed by atoms with Crippen molar-refractivity contribution in [3.8, 4) is 0 Å². The maximum absolute atomic E-state index is 14.7. The Hall–Kier alpha value is -3.83. The van der Waals surface area contributed by atoms with Gasteiger partial charge in [0.05, 0.1) is 14.7 Å². The number of ether oxygens (including phenoxy) is 1. The summed E-state index contributed by atoms with van der Waals surface area (Å²) in [5.74, 6) is -1.74. The van der Waals surface area contributed by atoms with E-state index in [1.54, 1.807) is 43.5 Å². The zero-order valence-corrected chi connectivity index (χ0v) is 21.6. The summed E-state index contributed by atoms with van der Waals surface area (Å²) in [6.07, 6.45) is 1.18. The first-order valence-electron chi connectivity index (χ1n) is 11.3. The van der Waals surface area contributed by atoms with Gasteiger partial charge in [0.25, 0.3) is 11.5 Å². The number of nitrogens with one attached hydrogen (secondary N) is 3. The quantitative estimate of drug-likeness (QED) is 0.378. The maximum atomic E-state index is 14.7. The molecule has 1 atom stereocenters. The van der Waals surface area contributed by atoms with Crippen LogP contribution in [-0.4, -0.2) is 36.5 Å². The number of rotatable bonds is 9. The van der Waals surface area contributed by atoms with Crippen LogP contribution in [0.4, 0.5) is 10.1 Å². The van der Waals surface area contributed by atoms with Gasteiger partial charge in [-0.3, -0.25) is 19.0 Å². The lowest BCUT2D eigenvalue weighted by Gasteiger charge is -2.21. The second-order valence-electron chi connectivity index (χ2n) is 9.32. The third-order valence-corrected chi connectivity index (χ3v) is 7.50. The molecule has 0 spiro atoms. The molecule has 1 heterocycles. The molecule has 0 radical (unpaired) electrons. The number of hydrogen-bond acceptors (Lipinski definition) is 5. The van der Waals surface area contributed by atoms with Crippen LogP contribution >= 0.6 is 0 Å². The fraction of sp³-hybridized carbons (Fsp3) is 0.280. The summed E-state index contributed by atoms with van der Waals surface area (Å²) in [5, 5.41) is 5.87. The average Bonchev–Trinajstić information content (AvgIpc) is 2.80. The Morgan fingerprint density at radius 1 is 1.08 bits per heavy atom. The van der Waals surface area contributed by atoms with Gasteiger partial charge in [-0.2, -0.15) is 0 Å². The summed E-state index contributed by atoms with van der Waals surface area (Å²) in [6.45, 7) is 5.84. The number of carbonyl (C=O) groups is 2. The van der Waals surface area contributed by atoms with Gasteiger partial charge in [0.1, 0.15) is 18.4 Å². The van der Waals surface area contributed by atoms with E-state index in [0.29, 0.717) is 17.4 Å². The van der Waals surface area contributed by atoms with E-state index in [0.717, 1.165) is 16.2 Å². The van der Waals surface area contributed by atoms with Crippen LogP contribution < -0.4 is 27.1 Å². The number of benzene rings is 2. The highest BCUT2D eigenvalue weighted by atomic mass is 28.3. The van der Waals surface area contributed by atoms with Crippen LogP contribution in [0, 0.1) is 5.82 Å². The first-order chi connectivity index (χ1) is 17.0. The van der Waals surface area contributed by atoms with Crippen molar-refractivity contribution in [3.63, 3.8) is 0 Å². The number of hydrogen-bond donors (Lipinski definition) is 3. The molecule has 0 saturated heterocycles. The van der Waals surface area contributed by atoms with Gasteiger partial charge in [0.2, 0.25) is 5.91 Å². The van der Waals surface area contributed by atoms with E-state index < -0.39 is 49.5 Å². The lowest BCUT2D eigenvalue weighted by Crippen LogP contribution is -2.43. The molecule has 0 aliphatic carbocycles. The molecule has 0 aliphatic rings. The minimum absolute atomic E-state index is 0.241. The van der Waals surface area contributed by atoms with Gasteiger partial charge in [-0.05, 0) is 28.4 Å². The lowest BCUT2D eigenvalue weighted by atomic mass is 10.0. The first kappa shape index (κ1) is 26.8. The smallest absolute Gasteiger partial charge is 0.328 e. The molecule has 2 aromatic carbocycles. The van der Waals surface area contributed by atoms with E-state index >= 15 is 0 Å². The van der Waals surface area contributed by atoms with Crippen LogP contribution in [0.1, 0.15) is 17.2 Å². The Morgan fingerprint density at radius 3 is 2.36 bits per heavy atom. The van der Waals surface area contributed by atoms with Crippen LogP contribution in [0.15, 0.2) is 64.3 Å². The third kappa shape index (κ3) is 6.64. The largest absolute Gasteiger partial charge is 0.380 e. The zero-order valence-electron chi connectivity index (χ0n) is 20.6. The van der Waals surface area contributed by atoms with Crippen molar-refractivity contribution in [1.82, 2.24) is 14.9 Å². The van der Waals surface area contributed by atoms with E-state index in [9.17, 15) is 23.6 Å². The van der Waals surface area contributed by atoms with Crippen molar-refractivity contribution in [1.29, 1.82) is 0 Å². The number of carbonyl (C=O) groups excluding carboxylic acids is 2. The van der Waals surface area contributed by atoms with Gasteiger partial charge in [-0.1, -0.05) is 50.0 Å². The number of nitrogens with zero attached hydrogens (tertiary/aromatic N) is 1. The van der Waals surface area contributed by atoms with E-state index in [2.05, 4.69) is 15.6 Å². The van der Waals surface area contributed by atoms with Gasteiger partial charge >= 0.3 is 5.69 Å². The molecule has 11 heteroatoms. The van der Waals surface area contributed by atoms with E-state index in [1.807, 2.05) is 19.6 Å².